The maximum absolute atomic E-state index is 13.5. The Morgan fingerprint density at radius 3 is 2.25 bits per heavy atom. The van der Waals surface area contributed by atoms with Crippen LogP contribution in [0.15, 0.2) is 17.0 Å². The Balaban J connectivity index is 3.62. The molecule has 0 aromatic heterocycles. The summed E-state index contributed by atoms with van der Waals surface area (Å²) in [6.07, 6.45) is 1.19. The lowest BCUT2D eigenvalue weighted by Crippen LogP contribution is -2.06. The summed E-state index contributed by atoms with van der Waals surface area (Å²) in [6, 6.07) is 2.55. The molecule has 0 atom stereocenters. The molecule has 1 aromatic carbocycles. The Morgan fingerprint density at radius 2 is 1.88 bits per heavy atom. The van der Waals surface area contributed by atoms with Crippen molar-refractivity contribution in [3.63, 3.8) is 0 Å². The lowest BCUT2D eigenvalue weighted by Gasteiger charge is -2.10. The molecule has 0 aliphatic carbocycles. The van der Waals surface area contributed by atoms with Crippen LogP contribution in [0.1, 0.15) is 35.7 Å². The van der Waals surface area contributed by atoms with Gasteiger partial charge < -0.3 is 0 Å². The van der Waals surface area contributed by atoms with Gasteiger partial charge in [0.2, 0.25) is 0 Å². The van der Waals surface area contributed by atoms with E-state index in [-0.39, 0.29) is 17.1 Å². The van der Waals surface area contributed by atoms with Crippen molar-refractivity contribution < 1.29 is 17.6 Å². The first kappa shape index (κ1) is 12.8. The molecule has 0 saturated heterocycles. The molecule has 0 N–H and O–H groups in total. The van der Waals surface area contributed by atoms with Crippen molar-refractivity contribution in [2.24, 2.45) is 0 Å². The number of hydrogen-bond donors (Lipinski definition) is 0. The van der Waals surface area contributed by atoms with Crippen molar-refractivity contribution in [2.45, 2.75) is 24.7 Å². The van der Waals surface area contributed by atoms with Crippen molar-refractivity contribution in [3.05, 3.63) is 29.1 Å². The highest BCUT2D eigenvalue weighted by molar-refractivity contribution is 7.90. The zero-order chi connectivity index (χ0) is 12.5. The molecule has 1 rings (SSSR count). The van der Waals surface area contributed by atoms with E-state index in [2.05, 4.69) is 0 Å². The van der Waals surface area contributed by atoms with Crippen LogP contribution in [0.5, 0.6) is 0 Å². The van der Waals surface area contributed by atoms with E-state index >= 15 is 0 Å². The molecule has 0 aliphatic heterocycles. The molecule has 0 saturated carbocycles. The summed E-state index contributed by atoms with van der Waals surface area (Å²) in [4.78, 5) is 10.4. The van der Waals surface area contributed by atoms with E-state index in [1.54, 1.807) is 0 Å². The van der Waals surface area contributed by atoms with Crippen molar-refractivity contribution in [3.8, 4) is 0 Å². The fourth-order valence-electron chi connectivity index (χ4n) is 1.37. The van der Waals surface area contributed by atoms with E-state index < -0.39 is 21.2 Å². The van der Waals surface area contributed by atoms with E-state index in [0.29, 0.717) is 5.56 Å². The number of halogens is 1. The SMILES string of the molecule is CC(C)c1cc(F)c(C=O)c(S(C)(=O)=O)c1. The van der Waals surface area contributed by atoms with Gasteiger partial charge in [-0.25, -0.2) is 12.8 Å². The molecule has 0 fully saturated rings. The second-order valence-corrected chi connectivity index (χ2v) is 5.94. The van der Waals surface area contributed by atoms with Crippen LogP contribution in [0.3, 0.4) is 0 Å². The molecule has 16 heavy (non-hydrogen) atoms. The third-order valence-electron chi connectivity index (χ3n) is 2.30. The highest BCUT2D eigenvalue weighted by atomic mass is 32.2. The van der Waals surface area contributed by atoms with Gasteiger partial charge in [-0.2, -0.15) is 0 Å². The molecule has 1 aromatic rings. The molecule has 0 bridgehead atoms. The number of sulfone groups is 1. The van der Waals surface area contributed by atoms with E-state index in [1.165, 1.54) is 12.1 Å². The van der Waals surface area contributed by atoms with E-state index in [0.717, 1.165) is 6.26 Å². The summed E-state index contributed by atoms with van der Waals surface area (Å²) in [7, 11) is -3.60. The van der Waals surface area contributed by atoms with Crippen LogP contribution >= 0.6 is 0 Å². The quantitative estimate of drug-likeness (QED) is 0.766. The summed E-state index contributed by atoms with van der Waals surface area (Å²) in [5.74, 6) is -0.794. The molecule has 0 spiro atoms. The first-order chi connectivity index (χ1) is 7.27. The van der Waals surface area contributed by atoms with Gasteiger partial charge in [0.05, 0.1) is 10.5 Å². The standard InChI is InChI=1S/C11H13FO3S/c1-7(2)8-4-10(12)9(6-13)11(5-8)16(3,14)15/h4-7H,1-3H3. The van der Waals surface area contributed by atoms with Crippen LogP contribution in [0.4, 0.5) is 4.39 Å². The Bertz CT molecular complexity index is 518. The van der Waals surface area contributed by atoms with Gasteiger partial charge in [0.25, 0.3) is 0 Å². The minimum atomic E-state index is -3.60. The van der Waals surface area contributed by atoms with E-state index in [9.17, 15) is 17.6 Å². The Morgan fingerprint density at radius 1 is 1.31 bits per heavy atom. The average Bonchev–Trinajstić information content (AvgIpc) is 2.14. The predicted octanol–water partition coefficient (Wildman–Crippen LogP) is 2.17. The summed E-state index contributed by atoms with van der Waals surface area (Å²) in [5.41, 5.74) is 0.162. The largest absolute Gasteiger partial charge is 0.298 e. The van der Waals surface area contributed by atoms with Crippen LogP contribution in [0.2, 0.25) is 0 Å². The summed E-state index contributed by atoms with van der Waals surface area (Å²) < 4.78 is 36.3. The number of benzene rings is 1. The Labute approximate surface area is 94.2 Å². The summed E-state index contributed by atoms with van der Waals surface area (Å²) >= 11 is 0. The van der Waals surface area contributed by atoms with Crippen molar-refractivity contribution >= 4 is 16.1 Å². The number of carbonyl (C=O) groups is 1. The van der Waals surface area contributed by atoms with Gasteiger partial charge in [0.15, 0.2) is 16.1 Å². The molecule has 0 aliphatic rings. The third-order valence-corrected chi connectivity index (χ3v) is 3.43. The lowest BCUT2D eigenvalue weighted by molar-refractivity contribution is 0.111. The molecule has 88 valence electrons. The molecular weight excluding hydrogens is 231 g/mol. The lowest BCUT2D eigenvalue weighted by atomic mass is 10.0. The fraction of sp³-hybridized carbons (Fsp3) is 0.364. The molecule has 0 amide bonds. The van der Waals surface area contributed by atoms with Crippen molar-refractivity contribution in [1.82, 2.24) is 0 Å². The van der Waals surface area contributed by atoms with Gasteiger partial charge in [0.1, 0.15) is 5.82 Å². The first-order valence-electron chi connectivity index (χ1n) is 4.76. The normalized spacial score (nSPS) is 11.8. The second kappa shape index (κ2) is 4.33. The van der Waals surface area contributed by atoms with Crippen molar-refractivity contribution in [2.75, 3.05) is 6.26 Å². The molecule has 0 heterocycles. The predicted molar refractivity (Wildman–Crippen MR) is 59.0 cm³/mol. The maximum atomic E-state index is 13.5. The monoisotopic (exact) mass is 244 g/mol. The smallest absolute Gasteiger partial charge is 0.176 e. The maximum Gasteiger partial charge on any atom is 0.176 e. The second-order valence-electron chi connectivity index (χ2n) is 3.96. The Kier molecular flexibility index (Phi) is 3.48. The molecular formula is C11H13FO3S. The van der Waals surface area contributed by atoms with Gasteiger partial charge in [-0.15, -0.1) is 0 Å². The molecule has 5 heteroatoms. The van der Waals surface area contributed by atoms with Gasteiger partial charge in [0, 0.05) is 6.26 Å². The Hall–Kier alpha value is -1.23. The summed E-state index contributed by atoms with van der Waals surface area (Å²) in [6.45, 7) is 3.64. The van der Waals surface area contributed by atoms with E-state index in [1.807, 2.05) is 13.8 Å². The average molecular weight is 244 g/mol. The van der Waals surface area contributed by atoms with Crippen LogP contribution in [0, 0.1) is 5.82 Å². The minimum Gasteiger partial charge on any atom is -0.298 e. The van der Waals surface area contributed by atoms with Gasteiger partial charge in [-0.1, -0.05) is 13.8 Å². The highest BCUT2D eigenvalue weighted by Crippen LogP contribution is 2.24. The minimum absolute atomic E-state index is 0.00398. The third kappa shape index (κ3) is 2.47. The fourth-order valence-corrected chi connectivity index (χ4v) is 2.26. The van der Waals surface area contributed by atoms with Gasteiger partial charge in [-0.3, -0.25) is 4.79 Å². The van der Waals surface area contributed by atoms with E-state index in [4.69, 9.17) is 0 Å². The molecule has 0 radical (unpaired) electrons. The first-order valence-corrected chi connectivity index (χ1v) is 6.65. The summed E-state index contributed by atoms with van der Waals surface area (Å²) in [5, 5.41) is 0. The van der Waals surface area contributed by atoms with Crippen molar-refractivity contribution in [1.29, 1.82) is 0 Å². The number of rotatable bonds is 3. The molecule has 3 nitrogen and oxygen atoms in total. The van der Waals surface area contributed by atoms with Crippen LogP contribution in [-0.2, 0) is 9.84 Å². The van der Waals surface area contributed by atoms with Crippen LogP contribution < -0.4 is 0 Å². The zero-order valence-electron chi connectivity index (χ0n) is 9.32. The van der Waals surface area contributed by atoms with Crippen LogP contribution in [0.25, 0.3) is 0 Å². The molecule has 0 unspecified atom stereocenters. The van der Waals surface area contributed by atoms with Gasteiger partial charge >= 0.3 is 0 Å². The topological polar surface area (TPSA) is 51.2 Å². The highest BCUT2D eigenvalue weighted by Gasteiger charge is 2.19. The zero-order valence-corrected chi connectivity index (χ0v) is 10.1. The number of hydrogen-bond acceptors (Lipinski definition) is 3. The number of aldehydes is 1. The van der Waals surface area contributed by atoms with Gasteiger partial charge in [-0.05, 0) is 23.6 Å². The number of carbonyl (C=O) groups excluding carboxylic acids is 1. The van der Waals surface area contributed by atoms with Crippen LogP contribution in [-0.4, -0.2) is 21.0 Å².